The van der Waals surface area contributed by atoms with Gasteiger partial charge in [0.15, 0.2) is 0 Å². The monoisotopic (exact) mass is 500 g/mol. The Morgan fingerprint density at radius 3 is 2.36 bits per heavy atom. The van der Waals surface area contributed by atoms with Gasteiger partial charge in [-0.25, -0.2) is 0 Å². The van der Waals surface area contributed by atoms with E-state index in [9.17, 15) is 5.11 Å². The van der Waals surface area contributed by atoms with E-state index in [2.05, 4.69) is 44.0 Å². The molecule has 5 heteroatoms. The number of hydrogen-bond donors (Lipinski definition) is 1. The lowest BCUT2D eigenvalue weighted by molar-refractivity contribution is 0.0625. The van der Waals surface area contributed by atoms with Gasteiger partial charge in [-0.2, -0.15) is 0 Å². The van der Waals surface area contributed by atoms with Gasteiger partial charge < -0.3 is 14.6 Å². The first-order valence-corrected chi connectivity index (χ1v) is 10.5. The number of aliphatic hydroxyl groups excluding tert-OH is 1. The second-order valence-corrected chi connectivity index (χ2v) is 8.24. The Morgan fingerprint density at radius 1 is 0.750 bits per heavy atom. The minimum absolute atomic E-state index is 0.147. The van der Waals surface area contributed by atoms with Crippen molar-refractivity contribution in [1.29, 1.82) is 0 Å². The predicted octanol–water partition coefficient (Wildman–Crippen LogP) is 6.34. The highest BCUT2D eigenvalue weighted by Gasteiger charge is 2.11. The van der Waals surface area contributed by atoms with Crippen molar-refractivity contribution in [3.63, 3.8) is 0 Å². The van der Waals surface area contributed by atoms with E-state index in [4.69, 9.17) is 9.47 Å². The van der Waals surface area contributed by atoms with Crippen LogP contribution in [0.5, 0.6) is 11.5 Å². The molecule has 1 atom stereocenters. The molecule has 0 spiro atoms. The number of ether oxygens (including phenoxy) is 2. The molecule has 0 fully saturated rings. The van der Waals surface area contributed by atoms with Crippen molar-refractivity contribution >= 4 is 53.4 Å². The first kappa shape index (κ1) is 19.2. The molecule has 4 rings (SSSR count). The fraction of sp³-hybridized carbons (Fsp3) is 0.130. The zero-order valence-electron chi connectivity index (χ0n) is 14.9. The minimum Gasteiger partial charge on any atom is -0.491 e. The zero-order chi connectivity index (χ0) is 19.5. The molecule has 0 aliphatic rings. The maximum Gasteiger partial charge on any atom is 0.134 e. The summed E-state index contributed by atoms with van der Waals surface area (Å²) in [7, 11) is 0. The van der Waals surface area contributed by atoms with E-state index in [1.807, 2.05) is 60.7 Å². The Bertz CT molecular complexity index is 1130. The topological polar surface area (TPSA) is 38.7 Å². The fourth-order valence-corrected chi connectivity index (χ4v) is 4.02. The van der Waals surface area contributed by atoms with E-state index in [1.165, 1.54) is 0 Å². The molecule has 0 aliphatic carbocycles. The molecule has 0 saturated carbocycles. The largest absolute Gasteiger partial charge is 0.491 e. The standard InChI is InChI=1S/C23H18Br2O3/c24-18-7-9-21-17(11-18)6-10-22(23(21)25)28-14-19(26)13-27-20-8-5-15-3-1-2-4-16(15)12-20/h1-12,19,26H,13-14H2. The average Bonchev–Trinajstić information content (AvgIpc) is 2.71. The van der Waals surface area contributed by atoms with Gasteiger partial charge in [0.05, 0.1) is 4.47 Å². The van der Waals surface area contributed by atoms with Crippen molar-refractivity contribution in [3.05, 3.63) is 81.7 Å². The Balaban J connectivity index is 1.37. The maximum atomic E-state index is 10.3. The fourth-order valence-electron chi connectivity index (χ4n) is 3.04. The summed E-state index contributed by atoms with van der Waals surface area (Å²) < 4.78 is 13.4. The molecule has 0 heterocycles. The van der Waals surface area contributed by atoms with Gasteiger partial charge in [0.25, 0.3) is 0 Å². The Kier molecular flexibility index (Phi) is 5.85. The summed E-state index contributed by atoms with van der Waals surface area (Å²) >= 11 is 7.08. The summed E-state index contributed by atoms with van der Waals surface area (Å²) in [6, 6.07) is 24.0. The van der Waals surface area contributed by atoms with Gasteiger partial charge in [0, 0.05) is 4.47 Å². The molecule has 1 N–H and O–H groups in total. The van der Waals surface area contributed by atoms with E-state index < -0.39 is 6.10 Å². The van der Waals surface area contributed by atoms with Crippen LogP contribution in [0, 0.1) is 0 Å². The van der Waals surface area contributed by atoms with E-state index in [0.717, 1.165) is 36.2 Å². The van der Waals surface area contributed by atoms with Crippen LogP contribution < -0.4 is 9.47 Å². The molecule has 1 unspecified atom stereocenters. The smallest absolute Gasteiger partial charge is 0.134 e. The van der Waals surface area contributed by atoms with Crippen molar-refractivity contribution < 1.29 is 14.6 Å². The van der Waals surface area contributed by atoms with E-state index >= 15 is 0 Å². The molecule has 3 nitrogen and oxygen atoms in total. The molecule has 0 saturated heterocycles. The summed E-state index contributed by atoms with van der Waals surface area (Å²) in [5.74, 6) is 1.43. The second kappa shape index (κ2) is 8.52. The summed E-state index contributed by atoms with van der Waals surface area (Å²) in [5, 5.41) is 14.7. The van der Waals surface area contributed by atoms with Crippen molar-refractivity contribution in [3.8, 4) is 11.5 Å². The van der Waals surface area contributed by atoms with Gasteiger partial charge >= 0.3 is 0 Å². The number of rotatable bonds is 6. The number of halogens is 2. The third-order valence-corrected chi connectivity index (χ3v) is 5.79. The normalized spacial score (nSPS) is 12.2. The maximum absolute atomic E-state index is 10.3. The van der Waals surface area contributed by atoms with Crippen LogP contribution in [0.3, 0.4) is 0 Å². The SMILES string of the molecule is OC(COc1ccc2ccccc2c1)COc1ccc2cc(Br)ccc2c1Br. The highest BCUT2D eigenvalue weighted by molar-refractivity contribution is 9.11. The molecule has 28 heavy (non-hydrogen) atoms. The minimum atomic E-state index is -0.737. The zero-order valence-corrected chi connectivity index (χ0v) is 18.1. The predicted molar refractivity (Wildman–Crippen MR) is 120 cm³/mol. The van der Waals surface area contributed by atoms with Crippen LogP contribution in [0.1, 0.15) is 0 Å². The lowest BCUT2D eigenvalue weighted by Crippen LogP contribution is -2.25. The summed E-state index contributed by atoms with van der Waals surface area (Å²) in [5.41, 5.74) is 0. The lowest BCUT2D eigenvalue weighted by Gasteiger charge is -2.15. The van der Waals surface area contributed by atoms with E-state index in [1.54, 1.807) is 0 Å². The summed E-state index contributed by atoms with van der Waals surface area (Å²) in [6.07, 6.45) is -0.737. The molecule has 0 aromatic heterocycles. The van der Waals surface area contributed by atoms with Crippen LogP contribution in [0.15, 0.2) is 81.7 Å². The molecular weight excluding hydrogens is 484 g/mol. The molecular formula is C23H18Br2O3. The van der Waals surface area contributed by atoms with Crippen molar-refractivity contribution in [2.24, 2.45) is 0 Å². The van der Waals surface area contributed by atoms with Gasteiger partial charge in [-0.3, -0.25) is 0 Å². The molecule has 4 aromatic carbocycles. The first-order valence-electron chi connectivity index (χ1n) is 8.90. The third kappa shape index (κ3) is 4.32. The van der Waals surface area contributed by atoms with Gasteiger partial charge in [-0.15, -0.1) is 0 Å². The number of hydrogen-bond acceptors (Lipinski definition) is 3. The lowest BCUT2D eigenvalue weighted by atomic mass is 10.1. The molecule has 0 radical (unpaired) electrons. The van der Waals surface area contributed by atoms with Gasteiger partial charge in [0.2, 0.25) is 0 Å². The van der Waals surface area contributed by atoms with Crippen LogP contribution in [-0.4, -0.2) is 24.4 Å². The van der Waals surface area contributed by atoms with E-state index in [-0.39, 0.29) is 13.2 Å². The number of aliphatic hydroxyl groups is 1. The second-order valence-electron chi connectivity index (χ2n) is 6.53. The quantitative estimate of drug-likeness (QED) is 0.335. The van der Waals surface area contributed by atoms with Crippen LogP contribution in [0.4, 0.5) is 0 Å². The van der Waals surface area contributed by atoms with Crippen LogP contribution >= 0.6 is 31.9 Å². The van der Waals surface area contributed by atoms with Crippen molar-refractivity contribution in [2.75, 3.05) is 13.2 Å². The molecule has 4 aromatic rings. The Morgan fingerprint density at radius 2 is 1.50 bits per heavy atom. The highest BCUT2D eigenvalue weighted by Crippen LogP contribution is 2.34. The molecule has 0 bridgehead atoms. The average molecular weight is 502 g/mol. The molecule has 0 aliphatic heterocycles. The van der Waals surface area contributed by atoms with Crippen molar-refractivity contribution in [2.45, 2.75) is 6.10 Å². The Hall–Kier alpha value is -2.08. The number of benzene rings is 4. The van der Waals surface area contributed by atoms with Gasteiger partial charge in [0.1, 0.15) is 30.8 Å². The molecule has 142 valence electrons. The highest BCUT2D eigenvalue weighted by atomic mass is 79.9. The first-order chi connectivity index (χ1) is 13.6. The summed E-state index contributed by atoms with van der Waals surface area (Å²) in [6.45, 7) is 0.310. The molecule has 0 amide bonds. The van der Waals surface area contributed by atoms with E-state index in [0.29, 0.717) is 5.75 Å². The van der Waals surface area contributed by atoms with Gasteiger partial charge in [-0.05, 0) is 67.8 Å². The van der Waals surface area contributed by atoms with Crippen molar-refractivity contribution in [1.82, 2.24) is 0 Å². The summed E-state index contributed by atoms with van der Waals surface area (Å²) in [4.78, 5) is 0. The number of fused-ring (bicyclic) bond motifs is 2. The third-order valence-electron chi connectivity index (χ3n) is 4.48. The van der Waals surface area contributed by atoms with Gasteiger partial charge in [-0.1, -0.05) is 58.4 Å². The van der Waals surface area contributed by atoms with Crippen LogP contribution in [0.25, 0.3) is 21.5 Å². The van der Waals surface area contributed by atoms with Crippen LogP contribution in [-0.2, 0) is 0 Å². The Labute approximate surface area is 180 Å². The van der Waals surface area contributed by atoms with Crippen LogP contribution in [0.2, 0.25) is 0 Å².